The van der Waals surface area contributed by atoms with E-state index >= 15 is 0 Å². The number of imide groups is 1. The third kappa shape index (κ3) is 3.76. The molecule has 1 aliphatic heterocycles. The number of non-ortho nitro benzene ring substituents is 1. The molecule has 0 radical (unpaired) electrons. The number of hydrogen-bond donors (Lipinski definition) is 1. The lowest BCUT2D eigenvalue weighted by atomic mass is 9.93. The van der Waals surface area contributed by atoms with E-state index in [4.69, 9.17) is 0 Å². The first kappa shape index (κ1) is 20.3. The molecule has 0 aliphatic carbocycles. The topological polar surface area (TPSA) is 113 Å². The van der Waals surface area contributed by atoms with Crippen molar-refractivity contribution in [2.24, 2.45) is 0 Å². The lowest BCUT2D eigenvalue weighted by Crippen LogP contribution is -2.47. The standard InChI is InChI=1S/C18H24N4O5/c1-5-18(6-2)16(24)21(17(25)19-18)11-15(23)20(4)12(3)13-8-7-9-14(10-13)22(26)27/h7-10,12H,5-6,11H2,1-4H3,(H,19,25). The molecule has 1 saturated heterocycles. The number of rotatable bonds is 7. The van der Waals surface area contributed by atoms with E-state index < -0.39 is 34.3 Å². The molecular weight excluding hydrogens is 352 g/mol. The Bertz CT molecular complexity index is 775. The summed E-state index contributed by atoms with van der Waals surface area (Å²) in [6.45, 7) is 4.97. The second-order valence-electron chi connectivity index (χ2n) is 6.64. The van der Waals surface area contributed by atoms with Crippen molar-refractivity contribution in [2.75, 3.05) is 13.6 Å². The highest BCUT2D eigenvalue weighted by Gasteiger charge is 2.49. The average molecular weight is 376 g/mol. The van der Waals surface area contributed by atoms with E-state index in [9.17, 15) is 24.5 Å². The highest BCUT2D eigenvalue weighted by atomic mass is 16.6. The van der Waals surface area contributed by atoms with Crippen molar-refractivity contribution in [1.82, 2.24) is 15.1 Å². The molecule has 1 atom stereocenters. The molecular formula is C18H24N4O5. The minimum atomic E-state index is -0.957. The number of carbonyl (C=O) groups is 3. The van der Waals surface area contributed by atoms with E-state index in [0.717, 1.165) is 4.90 Å². The fourth-order valence-electron chi connectivity index (χ4n) is 3.13. The van der Waals surface area contributed by atoms with E-state index in [1.165, 1.54) is 24.1 Å². The van der Waals surface area contributed by atoms with E-state index in [2.05, 4.69) is 5.32 Å². The first-order chi connectivity index (χ1) is 12.7. The summed E-state index contributed by atoms with van der Waals surface area (Å²) in [5, 5.41) is 13.6. The van der Waals surface area contributed by atoms with Gasteiger partial charge in [0.1, 0.15) is 12.1 Å². The van der Waals surface area contributed by atoms with E-state index in [-0.39, 0.29) is 12.2 Å². The van der Waals surface area contributed by atoms with Crippen LogP contribution in [0.5, 0.6) is 0 Å². The first-order valence-electron chi connectivity index (χ1n) is 8.81. The van der Waals surface area contributed by atoms with Crippen LogP contribution in [0, 0.1) is 10.1 Å². The van der Waals surface area contributed by atoms with Gasteiger partial charge in [0.05, 0.1) is 11.0 Å². The smallest absolute Gasteiger partial charge is 0.325 e. The number of nitrogens with one attached hydrogen (secondary N) is 1. The second kappa shape index (κ2) is 7.73. The van der Waals surface area contributed by atoms with Gasteiger partial charge in [-0.1, -0.05) is 26.0 Å². The minimum Gasteiger partial charge on any atom is -0.337 e. The van der Waals surface area contributed by atoms with Gasteiger partial charge < -0.3 is 10.2 Å². The van der Waals surface area contributed by atoms with Gasteiger partial charge in [0.15, 0.2) is 0 Å². The van der Waals surface area contributed by atoms with Crippen LogP contribution in [0.1, 0.15) is 45.2 Å². The zero-order valence-electron chi connectivity index (χ0n) is 15.9. The van der Waals surface area contributed by atoms with Gasteiger partial charge in [0.25, 0.3) is 11.6 Å². The van der Waals surface area contributed by atoms with E-state index in [1.807, 2.05) is 13.8 Å². The largest absolute Gasteiger partial charge is 0.337 e. The molecule has 4 amide bonds. The summed E-state index contributed by atoms with van der Waals surface area (Å²) in [6.07, 6.45) is 0.886. The Balaban J connectivity index is 2.14. The quantitative estimate of drug-likeness (QED) is 0.445. The van der Waals surface area contributed by atoms with E-state index in [0.29, 0.717) is 18.4 Å². The van der Waals surface area contributed by atoms with Gasteiger partial charge in [-0.25, -0.2) is 4.79 Å². The Hall–Kier alpha value is -2.97. The van der Waals surface area contributed by atoms with Crippen LogP contribution in [0.3, 0.4) is 0 Å². The SMILES string of the molecule is CCC1(CC)NC(=O)N(CC(=O)N(C)C(C)c2cccc([N+](=O)[O-])c2)C1=O. The number of urea groups is 1. The van der Waals surface area contributed by atoms with Crippen molar-refractivity contribution < 1.29 is 19.3 Å². The Morgan fingerprint density at radius 2 is 1.96 bits per heavy atom. The molecule has 0 aromatic heterocycles. The van der Waals surface area contributed by atoms with Crippen LogP contribution in [0.4, 0.5) is 10.5 Å². The number of nitrogens with zero attached hydrogens (tertiary/aromatic N) is 3. The molecule has 0 spiro atoms. The molecule has 1 aromatic rings. The van der Waals surface area contributed by atoms with Crippen molar-refractivity contribution in [3.8, 4) is 0 Å². The molecule has 1 aromatic carbocycles. The highest BCUT2D eigenvalue weighted by Crippen LogP contribution is 2.26. The van der Waals surface area contributed by atoms with Crippen molar-refractivity contribution >= 4 is 23.5 Å². The van der Waals surface area contributed by atoms with Crippen LogP contribution >= 0.6 is 0 Å². The zero-order valence-corrected chi connectivity index (χ0v) is 15.9. The zero-order chi connectivity index (χ0) is 20.4. The Kier molecular flexibility index (Phi) is 5.82. The van der Waals surface area contributed by atoms with Crippen LogP contribution in [-0.4, -0.2) is 51.7 Å². The summed E-state index contributed by atoms with van der Waals surface area (Å²) in [6, 6.07) is 4.99. The van der Waals surface area contributed by atoms with Gasteiger partial charge >= 0.3 is 6.03 Å². The fourth-order valence-corrected chi connectivity index (χ4v) is 3.13. The van der Waals surface area contributed by atoms with Crippen molar-refractivity contribution in [2.45, 2.75) is 45.2 Å². The number of nitro groups is 1. The van der Waals surface area contributed by atoms with Gasteiger partial charge in [-0.3, -0.25) is 24.6 Å². The number of carbonyl (C=O) groups excluding carboxylic acids is 3. The molecule has 146 valence electrons. The molecule has 1 unspecified atom stereocenters. The Morgan fingerprint density at radius 3 is 2.48 bits per heavy atom. The number of hydrogen-bond acceptors (Lipinski definition) is 5. The third-order valence-electron chi connectivity index (χ3n) is 5.28. The van der Waals surface area contributed by atoms with Gasteiger partial charge in [0, 0.05) is 19.2 Å². The average Bonchev–Trinajstić information content (AvgIpc) is 2.91. The van der Waals surface area contributed by atoms with Crippen molar-refractivity contribution in [3.63, 3.8) is 0 Å². The minimum absolute atomic E-state index is 0.0648. The summed E-state index contributed by atoms with van der Waals surface area (Å²) in [7, 11) is 1.54. The maximum Gasteiger partial charge on any atom is 0.325 e. The summed E-state index contributed by atoms with van der Waals surface area (Å²) in [4.78, 5) is 50.2. The first-order valence-corrected chi connectivity index (χ1v) is 8.81. The molecule has 9 heteroatoms. The second-order valence-corrected chi connectivity index (χ2v) is 6.64. The lowest BCUT2D eigenvalue weighted by molar-refractivity contribution is -0.384. The number of benzene rings is 1. The molecule has 1 N–H and O–H groups in total. The van der Waals surface area contributed by atoms with Gasteiger partial charge in [0.2, 0.25) is 5.91 Å². The molecule has 1 fully saturated rings. The predicted octanol–water partition coefficient (Wildman–Crippen LogP) is 2.22. The number of likely N-dealkylation sites (N-methyl/N-ethyl adjacent to an activating group) is 1. The maximum absolute atomic E-state index is 12.6. The summed E-state index contributed by atoms with van der Waals surface area (Å²) < 4.78 is 0. The molecule has 9 nitrogen and oxygen atoms in total. The van der Waals surface area contributed by atoms with E-state index in [1.54, 1.807) is 19.1 Å². The molecule has 0 bridgehead atoms. The monoisotopic (exact) mass is 376 g/mol. The Morgan fingerprint density at radius 1 is 1.33 bits per heavy atom. The number of nitro benzene ring substituents is 1. The van der Waals surface area contributed by atoms with Gasteiger partial charge in [-0.15, -0.1) is 0 Å². The predicted molar refractivity (Wildman–Crippen MR) is 97.8 cm³/mol. The fraction of sp³-hybridized carbons (Fsp3) is 0.500. The Labute approximate surface area is 157 Å². The van der Waals surface area contributed by atoms with Crippen LogP contribution in [0.15, 0.2) is 24.3 Å². The van der Waals surface area contributed by atoms with Crippen LogP contribution in [0.2, 0.25) is 0 Å². The summed E-state index contributed by atoms with van der Waals surface area (Å²) >= 11 is 0. The van der Waals surface area contributed by atoms with Gasteiger partial charge in [-0.2, -0.15) is 0 Å². The van der Waals surface area contributed by atoms with Crippen molar-refractivity contribution in [3.05, 3.63) is 39.9 Å². The third-order valence-corrected chi connectivity index (χ3v) is 5.28. The molecule has 1 heterocycles. The molecule has 2 rings (SSSR count). The molecule has 1 aliphatic rings. The number of amides is 4. The maximum atomic E-state index is 12.6. The summed E-state index contributed by atoms with van der Waals surface area (Å²) in [5.74, 6) is -0.831. The van der Waals surface area contributed by atoms with Gasteiger partial charge in [-0.05, 0) is 25.3 Å². The molecule has 0 saturated carbocycles. The van der Waals surface area contributed by atoms with Crippen LogP contribution in [0.25, 0.3) is 0 Å². The van der Waals surface area contributed by atoms with Crippen LogP contribution in [-0.2, 0) is 9.59 Å². The highest BCUT2D eigenvalue weighted by molar-refractivity contribution is 6.09. The normalized spacial score (nSPS) is 16.8. The summed E-state index contributed by atoms with van der Waals surface area (Å²) in [5.41, 5.74) is -0.430. The lowest BCUT2D eigenvalue weighted by Gasteiger charge is -2.27. The molecule has 27 heavy (non-hydrogen) atoms. The van der Waals surface area contributed by atoms with Crippen molar-refractivity contribution in [1.29, 1.82) is 0 Å². The van der Waals surface area contributed by atoms with Crippen LogP contribution < -0.4 is 5.32 Å².